The zero-order valence-electron chi connectivity index (χ0n) is 8.75. The quantitative estimate of drug-likeness (QED) is 0.724. The van der Waals surface area contributed by atoms with E-state index in [1.54, 1.807) is 18.6 Å². The number of hydrogen-bond donors (Lipinski definition) is 2. The van der Waals surface area contributed by atoms with Crippen molar-refractivity contribution < 1.29 is 9.90 Å². The maximum atomic E-state index is 11.2. The van der Waals surface area contributed by atoms with E-state index in [4.69, 9.17) is 5.11 Å². The minimum Gasteiger partial charge on any atom is -0.478 e. The van der Waals surface area contributed by atoms with Gasteiger partial charge in [-0.3, -0.25) is 0 Å². The maximum Gasteiger partial charge on any atom is 0.364 e. The summed E-state index contributed by atoms with van der Waals surface area (Å²) in [6, 6.07) is 3.25. The van der Waals surface area contributed by atoms with Crippen LogP contribution in [0.5, 0.6) is 0 Å². The predicted octanol–water partition coefficient (Wildman–Crippen LogP) is 0.000890. The Kier molecular flexibility index (Phi) is 2.73. The number of H-pyrrole nitrogens is 1. The lowest BCUT2D eigenvalue weighted by molar-refractivity contribution is -0.132. The lowest BCUT2D eigenvalue weighted by Gasteiger charge is -2.00. The molecule has 87 valence electrons. The lowest BCUT2D eigenvalue weighted by atomic mass is 10.1. The van der Waals surface area contributed by atoms with Crippen LogP contribution >= 0.6 is 0 Å². The molecule has 2 N–H and O–H groups in total. The van der Waals surface area contributed by atoms with Gasteiger partial charge in [0.1, 0.15) is 0 Å². The standard InChI is InChI=1S/C10H9N4O3/c1-6(9(15)16)2-3-7-4-5-8-11-12-10(17)14(8)13-7/h3-5H,1-2H2,(H,12,17)(H,15,16). The monoisotopic (exact) mass is 233 g/mol. The van der Waals surface area contributed by atoms with Crippen LogP contribution in [0, 0.1) is 6.42 Å². The molecule has 7 heteroatoms. The molecule has 2 aromatic heterocycles. The summed E-state index contributed by atoms with van der Waals surface area (Å²) in [5.74, 6) is -1.05. The van der Waals surface area contributed by atoms with Gasteiger partial charge in [-0.2, -0.15) is 14.7 Å². The van der Waals surface area contributed by atoms with Crippen molar-refractivity contribution in [3.63, 3.8) is 0 Å². The summed E-state index contributed by atoms with van der Waals surface area (Å²) in [6.07, 6.45) is 1.75. The molecule has 2 aromatic rings. The topological polar surface area (TPSA) is 100 Å². The molecule has 0 aliphatic carbocycles. The van der Waals surface area contributed by atoms with Crippen LogP contribution in [0.4, 0.5) is 0 Å². The van der Waals surface area contributed by atoms with Gasteiger partial charge in [0.05, 0.1) is 5.69 Å². The summed E-state index contributed by atoms with van der Waals surface area (Å²) in [7, 11) is 0. The summed E-state index contributed by atoms with van der Waals surface area (Å²) >= 11 is 0. The molecule has 0 amide bonds. The highest BCUT2D eigenvalue weighted by Gasteiger charge is 2.07. The van der Waals surface area contributed by atoms with Crippen LogP contribution in [0.2, 0.25) is 0 Å². The van der Waals surface area contributed by atoms with Crippen LogP contribution in [0.25, 0.3) is 5.65 Å². The zero-order valence-corrected chi connectivity index (χ0v) is 8.75. The van der Waals surface area contributed by atoms with Crippen LogP contribution in [0.3, 0.4) is 0 Å². The van der Waals surface area contributed by atoms with Gasteiger partial charge in [-0.25, -0.2) is 14.7 Å². The molecule has 2 heterocycles. The van der Waals surface area contributed by atoms with Crippen LogP contribution in [0.15, 0.2) is 29.1 Å². The van der Waals surface area contributed by atoms with Crippen molar-refractivity contribution in [2.24, 2.45) is 0 Å². The fraction of sp³-hybridized carbons (Fsp3) is 0.100. The first kappa shape index (κ1) is 11.1. The minimum atomic E-state index is -1.05. The van der Waals surface area contributed by atoms with Crippen molar-refractivity contribution in [2.45, 2.75) is 6.42 Å². The van der Waals surface area contributed by atoms with Gasteiger partial charge in [0.15, 0.2) is 5.65 Å². The van der Waals surface area contributed by atoms with Crippen LogP contribution in [-0.2, 0) is 4.79 Å². The molecule has 1 radical (unpaired) electrons. The smallest absolute Gasteiger partial charge is 0.364 e. The van der Waals surface area contributed by atoms with Gasteiger partial charge in [-0.15, -0.1) is 0 Å². The molecule has 17 heavy (non-hydrogen) atoms. The maximum absolute atomic E-state index is 11.2. The molecule has 7 nitrogen and oxygen atoms in total. The van der Waals surface area contributed by atoms with Gasteiger partial charge in [0.25, 0.3) is 0 Å². The molecular formula is C10H9N4O3. The number of carboxylic acid groups (broad SMARTS) is 1. The Hall–Kier alpha value is -2.44. The summed E-state index contributed by atoms with van der Waals surface area (Å²) in [6.45, 7) is 3.39. The normalized spacial score (nSPS) is 10.6. The molecular weight excluding hydrogens is 224 g/mol. The van der Waals surface area contributed by atoms with Gasteiger partial charge in [-0.05, 0) is 18.6 Å². The van der Waals surface area contributed by atoms with Crippen molar-refractivity contribution in [3.8, 4) is 0 Å². The third kappa shape index (κ3) is 2.22. The highest BCUT2D eigenvalue weighted by atomic mass is 16.4. The Labute approximate surface area is 95.4 Å². The van der Waals surface area contributed by atoms with E-state index in [0.717, 1.165) is 4.52 Å². The largest absolute Gasteiger partial charge is 0.478 e. The second-order valence-corrected chi connectivity index (χ2v) is 3.37. The zero-order chi connectivity index (χ0) is 12.4. The Morgan fingerprint density at radius 3 is 3.06 bits per heavy atom. The molecule has 0 aliphatic rings. The summed E-state index contributed by atoms with van der Waals surface area (Å²) in [4.78, 5) is 21.8. The van der Waals surface area contributed by atoms with E-state index < -0.39 is 11.7 Å². The first-order valence-electron chi connectivity index (χ1n) is 4.76. The number of aliphatic carboxylic acids is 1. The lowest BCUT2D eigenvalue weighted by Crippen LogP contribution is -2.13. The second-order valence-electron chi connectivity index (χ2n) is 3.37. The Balaban J connectivity index is 2.19. The third-order valence-electron chi connectivity index (χ3n) is 2.15. The predicted molar refractivity (Wildman–Crippen MR) is 58.4 cm³/mol. The van der Waals surface area contributed by atoms with E-state index in [1.165, 1.54) is 0 Å². The molecule has 0 aromatic carbocycles. The van der Waals surface area contributed by atoms with Crippen molar-refractivity contribution in [1.29, 1.82) is 0 Å². The Bertz CT molecular complexity index is 640. The Morgan fingerprint density at radius 2 is 2.35 bits per heavy atom. The van der Waals surface area contributed by atoms with Crippen molar-refractivity contribution in [3.05, 3.63) is 46.9 Å². The van der Waals surface area contributed by atoms with Gasteiger partial charge in [-0.1, -0.05) is 6.58 Å². The molecule has 0 fully saturated rings. The molecule has 0 bridgehead atoms. The number of nitrogens with one attached hydrogen (secondary N) is 1. The number of aromatic amines is 1. The number of fused-ring (bicyclic) bond motifs is 1. The number of carbonyl (C=O) groups is 1. The summed E-state index contributed by atoms with van der Waals surface area (Å²) in [5.41, 5.74) is 0.520. The fourth-order valence-electron chi connectivity index (χ4n) is 1.24. The van der Waals surface area contributed by atoms with E-state index in [0.29, 0.717) is 11.3 Å². The first-order chi connectivity index (χ1) is 8.08. The number of nitrogens with zero attached hydrogens (tertiary/aromatic N) is 3. The van der Waals surface area contributed by atoms with Crippen molar-refractivity contribution >= 4 is 11.6 Å². The molecule has 0 unspecified atom stereocenters. The highest BCUT2D eigenvalue weighted by Crippen LogP contribution is 2.08. The summed E-state index contributed by atoms with van der Waals surface area (Å²) in [5, 5.41) is 18.6. The molecule has 0 atom stereocenters. The SMILES string of the molecule is C=C(C[CH]c1ccc2n[nH]c(=O)n2n1)C(=O)O. The van der Waals surface area contributed by atoms with E-state index in [-0.39, 0.29) is 12.0 Å². The number of aromatic nitrogens is 4. The average molecular weight is 233 g/mol. The number of rotatable bonds is 4. The highest BCUT2D eigenvalue weighted by molar-refractivity contribution is 5.86. The number of carboxylic acids is 1. The van der Waals surface area contributed by atoms with Crippen LogP contribution in [0.1, 0.15) is 12.1 Å². The summed E-state index contributed by atoms with van der Waals surface area (Å²) < 4.78 is 1.11. The first-order valence-corrected chi connectivity index (χ1v) is 4.76. The molecule has 0 spiro atoms. The van der Waals surface area contributed by atoms with Crippen molar-refractivity contribution in [1.82, 2.24) is 19.8 Å². The van der Waals surface area contributed by atoms with E-state index in [9.17, 15) is 9.59 Å². The van der Waals surface area contributed by atoms with Gasteiger partial charge in [0.2, 0.25) is 0 Å². The Morgan fingerprint density at radius 1 is 1.59 bits per heavy atom. The third-order valence-corrected chi connectivity index (χ3v) is 2.15. The average Bonchev–Trinajstić information content (AvgIpc) is 2.68. The second kappa shape index (κ2) is 4.20. The molecule has 2 rings (SSSR count). The molecule has 0 saturated carbocycles. The van der Waals surface area contributed by atoms with Gasteiger partial charge in [0, 0.05) is 12.0 Å². The minimum absolute atomic E-state index is 0.0615. The van der Waals surface area contributed by atoms with Gasteiger partial charge < -0.3 is 5.11 Å². The van der Waals surface area contributed by atoms with Crippen LogP contribution < -0.4 is 5.69 Å². The van der Waals surface area contributed by atoms with Crippen molar-refractivity contribution in [2.75, 3.05) is 0 Å². The molecule has 0 saturated heterocycles. The number of hydrogen-bond acceptors (Lipinski definition) is 4. The van der Waals surface area contributed by atoms with E-state index in [1.807, 2.05) is 0 Å². The molecule has 0 aliphatic heterocycles. The van der Waals surface area contributed by atoms with E-state index >= 15 is 0 Å². The fourth-order valence-corrected chi connectivity index (χ4v) is 1.24. The van der Waals surface area contributed by atoms with Gasteiger partial charge >= 0.3 is 11.7 Å². The van der Waals surface area contributed by atoms with Crippen LogP contribution in [-0.4, -0.2) is 30.9 Å². The van der Waals surface area contributed by atoms with E-state index in [2.05, 4.69) is 21.9 Å².